The number of rotatable bonds is 6. The molecule has 0 aromatic heterocycles. The quantitative estimate of drug-likeness (QED) is 0.706. The first-order valence-corrected chi connectivity index (χ1v) is 11.9. The van der Waals surface area contributed by atoms with Gasteiger partial charge in [0, 0.05) is 5.69 Å². The Morgan fingerprint density at radius 2 is 1.86 bits per heavy atom. The second-order valence-electron chi connectivity index (χ2n) is 6.56. The van der Waals surface area contributed by atoms with Crippen molar-refractivity contribution in [3.05, 3.63) is 48.3 Å². The molecule has 1 fully saturated rings. The van der Waals surface area contributed by atoms with Gasteiger partial charge in [-0.2, -0.15) is 0 Å². The van der Waals surface area contributed by atoms with Gasteiger partial charge in [0.2, 0.25) is 5.91 Å². The number of carbonyl (C=O) groups is 1. The van der Waals surface area contributed by atoms with Gasteiger partial charge in [0.25, 0.3) is 10.0 Å². The first kappa shape index (κ1) is 21.1. The molecule has 2 N–H and O–H groups in total. The molecule has 2 aromatic carbocycles. The minimum absolute atomic E-state index is 0.0313. The molecule has 8 nitrogen and oxygen atoms in total. The molecule has 1 aliphatic rings. The monoisotopic (exact) mass is 442 g/mol. The summed E-state index contributed by atoms with van der Waals surface area (Å²) in [7, 11) is -5.88. The molecule has 1 aliphatic heterocycles. The van der Waals surface area contributed by atoms with E-state index in [2.05, 4.69) is 10.0 Å². The number of nitrogens with one attached hydrogen (secondary N) is 2. The highest BCUT2D eigenvalue weighted by Gasteiger charge is 2.33. The summed E-state index contributed by atoms with van der Waals surface area (Å²) in [6.07, 6.45) is 0.244. The van der Waals surface area contributed by atoms with Gasteiger partial charge >= 0.3 is 0 Å². The number of anilines is 2. The van der Waals surface area contributed by atoms with Crippen molar-refractivity contribution >= 4 is 37.1 Å². The molecule has 0 unspecified atom stereocenters. The zero-order chi connectivity index (χ0) is 21.2. The van der Waals surface area contributed by atoms with Crippen molar-refractivity contribution in [2.45, 2.75) is 11.3 Å². The molecule has 2 aromatic rings. The zero-order valence-electron chi connectivity index (χ0n) is 15.4. The third-order valence-corrected chi connectivity index (χ3v) is 7.59. The highest BCUT2D eigenvalue weighted by atomic mass is 32.2. The van der Waals surface area contributed by atoms with E-state index in [0.717, 1.165) is 24.3 Å². The maximum absolute atomic E-state index is 13.1. The topological polar surface area (TPSA) is 119 Å². The van der Waals surface area contributed by atoms with Gasteiger partial charge in [-0.3, -0.25) is 9.52 Å². The van der Waals surface area contributed by atoms with E-state index < -0.39 is 37.5 Å². The summed E-state index contributed by atoms with van der Waals surface area (Å²) < 4.78 is 68.8. The Morgan fingerprint density at radius 1 is 1.17 bits per heavy atom. The van der Waals surface area contributed by atoms with Crippen LogP contribution in [0.4, 0.5) is 15.8 Å². The van der Waals surface area contributed by atoms with E-state index in [1.165, 1.54) is 25.3 Å². The fourth-order valence-corrected chi connectivity index (χ4v) is 5.73. The van der Waals surface area contributed by atoms with Crippen LogP contribution in [0, 0.1) is 11.7 Å². The normalized spacial score (nSPS) is 18.2. The van der Waals surface area contributed by atoms with E-state index in [-0.39, 0.29) is 39.9 Å². The molecule has 1 amide bonds. The van der Waals surface area contributed by atoms with Crippen molar-refractivity contribution in [3.8, 4) is 5.75 Å². The van der Waals surface area contributed by atoms with Crippen LogP contribution in [0.3, 0.4) is 0 Å². The summed E-state index contributed by atoms with van der Waals surface area (Å²) in [5.41, 5.74) is 0.338. The predicted octanol–water partition coefficient (Wildman–Crippen LogP) is 2.01. The van der Waals surface area contributed by atoms with Gasteiger partial charge in [0.05, 0.1) is 35.1 Å². The van der Waals surface area contributed by atoms with Gasteiger partial charge in [0.1, 0.15) is 11.6 Å². The summed E-state index contributed by atoms with van der Waals surface area (Å²) >= 11 is 0. The summed E-state index contributed by atoms with van der Waals surface area (Å²) in [5, 5.41) is 2.60. The maximum atomic E-state index is 13.1. The number of carbonyl (C=O) groups excluding carboxylic acids is 1. The Bertz CT molecular complexity index is 1130. The number of sulfonamides is 1. The standard InChI is InChI=1S/C18H19FN2O6S2/c1-27-17-7-4-14(20-18(22)12-8-9-28(23,24)11-12)10-16(17)21-29(25,26)15-5-2-13(19)3-6-15/h2-7,10,12,21H,8-9,11H2,1H3,(H,20,22)/t12-/m1/s1. The van der Waals surface area contributed by atoms with Crippen molar-refractivity contribution in [3.63, 3.8) is 0 Å². The minimum atomic E-state index is -4.03. The van der Waals surface area contributed by atoms with Crippen LogP contribution in [-0.2, 0) is 24.7 Å². The van der Waals surface area contributed by atoms with Crippen LogP contribution in [0.15, 0.2) is 47.4 Å². The number of ether oxygens (including phenoxy) is 1. The first-order chi connectivity index (χ1) is 13.6. The Balaban J connectivity index is 1.82. The van der Waals surface area contributed by atoms with E-state index in [9.17, 15) is 26.0 Å². The van der Waals surface area contributed by atoms with Crippen LogP contribution < -0.4 is 14.8 Å². The molecule has 1 saturated heterocycles. The second kappa shape index (κ2) is 7.99. The average Bonchev–Trinajstić information content (AvgIpc) is 3.02. The molecule has 29 heavy (non-hydrogen) atoms. The number of hydrogen-bond donors (Lipinski definition) is 2. The number of benzene rings is 2. The lowest BCUT2D eigenvalue weighted by molar-refractivity contribution is -0.119. The first-order valence-electron chi connectivity index (χ1n) is 8.57. The molecule has 0 aliphatic carbocycles. The smallest absolute Gasteiger partial charge is 0.262 e. The van der Waals surface area contributed by atoms with Gasteiger partial charge in [-0.15, -0.1) is 0 Å². The van der Waals surface area contributed by atoms with Crippen LogP contribution >= 0.6 is 0 Å². The molecule has 0 spiro atoms. The number of amides is 1. The Labute approximate surface area is 168 Å². The molecule has 0 bridgehead atoms. The molecule has 1 heterocycles. The second-order valence-corrected chi connectivity index (χ2v) is 10.5. The van der Waals surface area contributed by atoms with E-state index in [1.54, 1.807) is 0 Å². The Kier molecular flexibility index (Phi) is 5.80. The SMILES string of the molecule is COc1ccc(NC(=O)[C@@H]2CCS(=O)(=O)C2)cc1NS(=O)(=O)c1ccc(F)cc1. The molecule has 11 heteroatoms. The summed E-state index contributed by atoms with van der Waals surface area (Å²) in [4.78, 5) is 12.2. The van der Waals surface area contributed by atoms with E-state index in [1.807, 2.05) is 0 Å². The van der Waals surface area contributed by atoms with Crippen molar-refractivity contribution in [1.29, 1.82) is 0 Å². The number of halogens is 1. The fourth-order valence-electron chi connectivity index (χ4n) is 2.93. The van der Waals surface area contributed by atoms with Gasteiger partial charge < -0.3 is 10.1 Å². The van der Waals surface area contributed by atoms with Crippen molar-refractivity contribution in [2.24, 2.45) is 5.92 Å². The lowest BCUT2D eigenvalue weighted by Gasteiger charge is -2.15. The van der Waals surface area contributed by atoms with Gasteiger partial charge in [-0.05, 0) is 48.9 Å². The Hall–Kier alpha value is -2.66. The van der Waals surface area contributed by atoms with Crippen LogP contribution in [-0.4, -0.2) is 41.4 Å². The summed E-state index contributed by atoms with van der Waals surface area (Å²) in [6.45, 7) is 0. The highest BCUT2D eigenvalue weighted by molar-refractivity contribution is 7.92. The molecule has 0 radical (unpaired) electrons. The highest BCUT2D eigenvalue weighted by Crippen LogP contribution is 2.31. The van der Waals surface area contributed by atoms with Gasteiger partial charge in [-0.25, -0.2) is 21.2 Å². The Morgan fingerprint density at radius 3 is 2.45 bits per heavy atom. The predicted molar refractivity (Wildman–Crippen MR) is 106 cm³/mol. The van der Waals surface area contributed by atoms with E-state index >= 15 is 0 Å². The molecule has 156 valence electrons. The zero-order valence-corrected chi connectivity index (χ0v) is 17.0. The van der Waals surface area contributed by atoms with Crippen LogP contribution in [0.2, 0.25) is 0 Å². The van der Waals surface area contributed by atoms with Gasteiger partial charge in [0.15, 0.2) is 9.84 Å². The summed E-state index contributed by atoms with van der Waals surface area (Å²) in [6, 6.07) is 8.63. The fraction of sp³-hybridized carbons (Fsp3) is 0.278. The average molecular weight is 442 g/mol. The van der Waals surface area contributed by atoms with E-state index in [0.29, 0.717) is 0 Å². The lowest BCUT2D eigenvalue weighted by Crippen LogP contribution is -2.23. The molecule has 3 rings (SSSR count). The maximum Gasteiger partial charge on any atom is 0.262 e. The van der Waals surface area contributed by atoms with Crippen molar-refractivity contribution < 1.29 is 30.8 Å². The van der Waals surface area contributed by atoms with E-state index in [4.69, 9.17) is 4.74 Å². The van der Waals surface area contributed by atoms with Gasteiger partial charge in [-0.1, -0.05) is 0 Å². The third-order valence-electron chi connectivity index (χ3n) is 4.44. The van der Waals surface area contributed by atoms with Crippen LogP contribution in [0.5, 0.6) is 5.75 Å². The molecular formula is C18H19FN2O6S2. The summed E-state index contributed by atoms with van der Waals surface area (Å²) in [5.74, 6) is -1.71. The number of methoxy groups -OCH3 is 1. The molecular weight excluding hydrogens is 423 g/mol. The number of sulfone groups is 1. The molecule has 1 atom stereocenters. The molecule has 0 saturated carbocycles. The lowest BCUT2D eigenvalue weighted by atomic mass is 10.1. The largest absolute Gasteiger partial charge is 0.495 e. The van der Waals surface area contributed by atoms with Crippen LogP contribution in [0.1, 0.15) is 6.42 Å². The van der Waals surface area contributed by atoms with Crippen LogP contribution in [0.25, 0.3) is 0 Å². The minimum Gasteiger partial charge on any atom is -0.495 e. The third kappa shape index (κ3) is 5.04. The number of hydrogen-bond acceptors (Lipinski definition) is 6. The van der Waals surface area contributed by atoms with Crippen molar-refractivity contribution in [1.82, 2.24) is 0 Å². The van der Waals surface area contributed by atoms with Crippen molar-refractivity contribution in [2.75, 3.05) is 28.7 Å².